The molecule has 3 aromatic rings. The van der Waals surface area contributed by atoms with Crippen molar-refractivity contribution in [2.45, 2.75) is 6.92 Å². The summed E-state index contributed by atoms with van der Waals surface area (Å²) in [5.41, 5.74) is 4.01. The highest BCUT2D eigenvalue weighted by Crippen LogP contribution is 2.26. The molecule has 0 bridgehead atoms. The third-order valence-electron chi connectivity index (χ3n) is 5.00. The Labute approximate surface area is 157 Å². The molecule has 1 aliphatic heterocycles. The first-order valence-electron chi connectivity index (χ1n) is 8.81. The molecule has 1 amide bonds. The standard InChI is InChI=1S/C20H22N4OS/c1-15-8-9-18(22(15)2)19-21-17(14-26-19)20(25)24-12-10-23(11-13-24)16-6-4-3-5-7-16/h3-9,14H,10-13H2,1-2H3. The van der Waals surface area contributed by atoms with Gasteiger partial charge < -0.3 is 14.4 Å². The number of piperazine rings is 1. The van der Waals surface area contributed by atoms with E-state index in [-0.39, 0.29) is 5.91 Å². The molecule has 134 valence electrons. The first kappa shape index (κ1) is 16.8. The average Bonchev–Trinajstić information content (AvgIpc) is 3.29. The van der Waals surface area contributed by atoms with Gasteiger partial charge in [0.05, 0.1) is 5.69 Å². The van der Waals surface area contributed by atoms with Gasteiger partial charge >= 0.3 is 0 Å². The quantitative estimate of drug-likeness (QED) is 0.713. The Kier molecular flexibility index (Phi) is 4.51. The van der Waals surface area contributed by atoms with E-state index in [1.165, 1.54) is 22.7 Å². The Balaban J connectivity index is 1.44. The zero-order valence-corrected chi connectivity index (χ0v) is 15.9. The highest BCUT2D eigenvalue weighted by Gasteiger charge is 2.24. The predicted molar refractivity (Wildman–Crippen MR) is 106 cm³/mol. The first-order valence-corrected chi connectivity index (χ1v) is 9.69. The van der Waals surface area contributed by atoms with Crippen LogP contribution in [0.3, 0.4) is 0 Å². The molecule has 0 unspecified atom stereocenters. The van der Waals surface area contributed by atoms with Gasteiger partial charge in [0, 0.05) is 50.0 Å². The SMILES string of the molecule is Cc1ccc(-c2nc(C(=O)N3CCN(c4ccccc4)CC3)cs2)n1C. The summed E-state index contributed by atoms with van der Waals surface area (Å²) in [6.07, 6.45) is 0. The van der Waals surface area contributed by atoms with Crippen molar-refractivity contribution in [3.63, 3.8) is 0 Å². The van der Waals surface area contributed by atoms with Gasteiger partial charge in [-0.1, -0.05) is 18.2 Å². The number of carbonyl (C=O) groups is 1. The van der Waals surface area contributed by atoms with Gasteiger partial charge in [-0.2, -0.15) is 0 Å². The average molecular weight is 366 g/mol. The number of rotatable bonds is 3. The molecule has 0 N–H and O–H groups in total. The zero-order chi connectivity index (χ0) is 18.1. The van der Waals surface area contributed by atoms with Gasteiger partial charge in [0.1, 0.15) is 10.7 Å². The number of benzene rings is 1. The topological polar surface area (TPSA) is 41.4 Å². The number of nitrogens with zero attached hydrogens (tertiary/aromatic N) is 4. The molecule has 1 fully saturated rings. The van der Waals surface area contributed by atoms with Gasteiger partial charge in [0.15, 0.2) is 0 Å². The van der Waals surface area contributed by atoms with Crippen molar-refractivity contribution < 1.29 is 4.79 Å². The van der Waals surface area contributed by atoms with Gasteiger partial charge in [0.25, 0.3) is 5.91 Å². The minimum atomic E-state index is 0.0335. The Morgan fingerprint density at radius 3 is 2.42 bits per heavy atom. The summed E-state index contributed by atoms with van der Waals surface area (Å²) in [6, 6.07) is 14.5. The van der Waals surface area contributed by atoms with Gasteiger partial charge in [-0.3, -0.25) is 4.79 Å². The largest absolute Gasteiger partial charge is 0.368 e. The van der Waals surface area contributed by atoms with Crippen molar-refractivity contribution in [1.82, 2.24) is 14.5 Å². The minimum absolute atomic E-state index is 0.0335. The van der Waals surface area contributed by atoms with E-state index >= 15 is 0 Å². The summed E-state index contributed by atoms with van der Waals surface area (Å²) < 4.78 is 2.10. The lowest BCUT2D eigenvalue weighted by Crippen LogP contribution is -2.48. The van der Waals surface area contributed by atoms with Gasteiger partial charge in [0.2, 0.25) is 0 Å². The number of aromatic nitrogens is 2. The van der Waals surface area contributed by atoms with Crippen molar-refractivity contribution in [3.8, 4) is 10.7 Å². The summed E-state index contributed by atoms with van der Waals surface area (Å²) in [4.78, 5) is 21.7. The summed E-state index contributed by atoms with van der Waals surface area (Å²) >= 11 is 1.53. The fourth-order valence-corrected chi connectivity index (χ4v) is 4.14. The van der Waals surface area contributed by atoms with E-state index in [1.807, 2.05) is 23.4 Å². The van der Waals surface area contributed by atoms with Gasteiger partial charge in [-0.05, 0) is 31.2 Å². The van der Waals surface area contributed by atoms with Crippen molar-refractivity contribution in [1.29, 1.82) is 0 Å². The second-order valence-electron chi connectivity index (χ2n) is 6.57. The molecule has 26 heavy (non-hydrogen) atoms. The number of aryl methyl sites for hydroxylation is 1. The van der Waals surface area contributed by atoms with Gasteiger partial charge in [-0.15, -0.1) is 11.3 Å². The molecule has 0 saturated carbocycles. The second kappa shape index (κ2) is 6.96. The molecular formula is C20H22N4OS. The molecule has 5 nitrogen and oxygen atoms in total. The highest BCUT2D eigenvalue weighted by molar-refractivity contribution is 7.13. The number of hydrogen-bond donors (Lipinski definition) is 0. The van der Waals surface area contributed by atoms with E-state index in [2.05, 4.69) is 57.8 Å². The fraction of sp³-hybridized carbons (Fsp3) is 0.300. The number of hydrogen-bond acceptors (Lipinski definition) is 4. The Bertz CT molecular complexity index is 907. The van der Waals surface area contributed by atoms with Crippen LogP contribution < -0.4 is 4.90 Å². The van der Waals surface area contributed by atoms with E-state index in [0.717, 1.165) is 36.9 Å². The van der Waals surface area contributed by atoms with Gasteiger partial charge in [-0.25, -0.2) is 4.98 Å². The third-order valence-corrected chi connectivity index (χ3v) is 5.87. The van der Waals surface area contributed by atoms with Crippen molar-refractivity contribution >= 4 is 22.9 Å². The van der Waals surface area contributed by atoms with Crippen LogP contribution in [0.1, 0.15) is 16.2 Å². The maximum atomic E-state index is 12.8. The fourth-order valence-electron chi connectivity index (χ4n) is 3.29. The monoisotopic (exact) mass is 366 g/mol. The number of para-hydroxylation sites is 1. The lowest BCUT2D eigenvalue weighted by Gasteiger charge is -2.35. The summed E-state index contributed by atoms with van der Waals surface area (Å²) in [5.74, 6) is 0.0335. The van der Waals surface area contributed by atoms with Crippen LogP contribution in [0, 0.1) is 6.92 Å². The summed E-state index contributed by atoms with van der Waals surface area (Å²) in [6.45, 7) is 5.22. The number of amides is 1. The summed E-state index contributed by atoms with van der Waals surface area (Å²) in [5, 5.41) is 2.77. The lowest BCUT2D eigenvalue weighted by atomic mass is 10.2. The Morgan fingerprint density at radius 2 is 1.77 bits per heavy atom. The van der Waals surface area contributed by atoms with Crippen molar-refractivity contribution in [2.75, 3.05) is 31.1 Å². The molecule has 0 atom stereocenters. The van der Waals surface area contributed by atoms with Crippen LogP contribution in [-0.2, 0) is 7.05 Å². The van der Waals surface area contributed by atoms with E-state index in [4.69, 9.17) is 0 Å². The van der Waals surface area contributed by atoms with E-state index in [9.17, 15) is 4.79 Å². The molecule has 6 heteroatoms. The highest BCUT2D eigenvalue weighted by atomic mass is 32.1. The van der Waals surface area contributed by atoms with E-state index in [0.29, 0.717) is 5.69 Å². The third kappa shape index (κ3) is 3.12. The van der Waals surface area contributed by atoms with Crippen LogP contribution in [0.15, 0.2) is 47.8 Å². The van der Waals surface area contributed by atoms with Crippen LogP contribution in [0.25, 0.3) is 10.7 Å². The van der Waals surface area contributed by atoms with Crippen LogP contribution in [0.2, 0.25) is 0 Å². The molecule has 0 spiro atoms. The molecule has 0 aliphatic carbocycles. The predicted octanol–water partition coefficient (Wildman–Crippen LogP) is 3.42. The molecule has 1 saturated heterocycles. The Morgan fingerprint density at radius 1 is 1.04 bits per heavy atom. The molecule has 2 aromatic heterocycles. The van der Waals surface area contributed by atoms with Crippen LogP contribution in [0.4, 0.5) is 5.69 Å². The number of thiazole rings is 1. The normalized spacial score (nSPS) is 14.7. The molecular weight excluding hydrogens is 344 g/mol. The van der Waals surface area contributed by atoms with Crippen molar-refractivity contribution in [3.05, 3.63) is 59.2 Å². The molecule has 3 heterocycles. The maximum Gasteiger partial charge on any atom is 0.273 e. The second-order valence-corrected chi connectivity index (χ2v) is 7.43. The molecule has 4 rings (SSSR count). The first-order chi connectivity index (χ1) is 12.6. The van der Waals surface area contributed by atoms with Crippen molar-refractivity contribution in [2.24, 2.45) is 7.05 Å². The van der Waals surface area contributed by atoms with E-state index in [1.54, 1.807) is 0 Å². The molecule has 1 aromatic carbocycles. The lowest BCUT2D eigenvalue weighted by molar-refractivity contribution is 0.0742. The van der Waals surface area contributed by atoms with Crippen LogP contribution in [-0.4, -0.2) is 46.5 Å². The summed E-state index contributed by atoms with van der Waals surface area (Å²) in [7, 11) is 2.02. The smallest absolute Gasteiger partial charge is 0.273 e. The van der Waals surface area contributed by atoms with E-state index < -0.39 is 0 Å². The zero-order valence-electron chi connectivity index (χ0n) is 15.1. The molecule has 0 radical (unpaired) electrons. The molecule has 1 aliphatic rings. The van der Waals surface area contributed by atoms with Crippen LogP contribution in [0.5, 0.6) is 0 Å². The minimum Gasteiger partial charge on any atom is -0.368 e. The number of carbonyl (C=O) groups excluding carboxylic acids is 1. The number of anilines is 1. The Hall–Kier alpha value is -2.60. The maximum absolute atomic E-state index is 12.8. The van der Waals surface area contributed by atoms with Crippen LogP contribution >= 0.6 is 11.3 Å².